The molecule has 37 heavy (non-hydrogen) atoms. The molecule has 2 aromatic carbocycles. The highest BCUT2D eigenvalue weighted by Crippen LogP contribution is 2.29. The summed E-state index contributed by atoms with van der Waals surface area (Å²) in [4.78, 5) is 18.1. The number of anilines is 1. The Morgan fingerprint density at radius 1 is 0.973 bits per heavy atom. The molecule has 2 aromatic rings. The normalized spacial score (nSPS) is 22.4. The molecular weight excluding hydrogens is 477 g/mol. The molecule has 2 aliphatic rings. The third kappa shape index (κ3) is 6.91. The van der Waals surface area contributed by atoms with Gasteiger partial charge in [-0.15, -0.1) is 0 Å². The van der Waals surface area contributed by atoms with E-state index in [-0.39, 0.29) is 31.4 Å². The predicted molar refractivity (Wildman–Crippen MR) is 140 cm³/mol. The van der Waals surface area contributed by atoms with Crippen LogP contribution in [0.4, 0.5) is 10.1 Å². The fourth-order valence-corrected chi connectivity index (χ4v) is 5.21. The van der Waals surface area contributed by atoms with Gasteiger partial charge in [0.2, 0.25) is 5.91 Å². The van der Waals surface area contributed by atoms with Gasteiger partial charge in [0.1, 0.15) is 29.5 Å². The molecule has 0 aliphatic carbocycles. The van der Waals surface area contributed by atoms with E-state index in [1.165, 1.54) is 19.1 Å². The quantitative estimate of drug-likeness (QED) is 0.586. The van der Waals surface area contributed by atoms with Crippen LogP contribution in [0.15, 0.2) is 42.5 Å². The molecule has 0 unspecified atom stereocenters. The second-order valence-electron chi connectivity index (χ2n) is 10.5. The number of hydrogen-bond acceptors (Lipinski definition) is 7. The van der Waals surface area contributed by atoms with Crippen LogP contribution in [0.25, 0.3) is 0 Å². The first-order chi connectivity index (χ1) is 17.6. The number of aryl methyl sites for hydroxylation is 1. The molecule has 2 N–H and O–H groups in total. The molecule has 0 bridgehead atoms. The summed E-state index contributed by atoms with van der Waals surface area (Å²) in [5, 5.41) is 23.0. The van der Waals surface area contributed by atoms with Gasteiger partial charge < -0.3 is 29.5 Å². The number of rotatable bonds is 7. The summed E-state index contributed by atoms with van der Waals surface area (Å²) in [6.07, 6.45) is 1.19. The van der Waals surface area contributed by atoms with Crippen LogP contribution >= 0.6 is 0 Å². The van der Waals surface area contributed by atoms with Gasteiger partial charge >= 0.3 is 0 Å². The van der Waals surface area contributed by atoms with Crippen molar-refractivity contribution < 1.29 is 28.9 Å². The van der Waals surface area contributed by atoms with E-state index in [1.807, 2.05) is 29.2 Å². The van der Waals surface area contributed by atoms with Crippen molar-refractivity contribution in [3.8, 4) is 11.5 Å². The van der Waals surface area contributed by atoms with Crippen LogP contribution in [-0.2, 0) is 4.79 Å². The highest BCUT2D eigenvalue weighted by atomic mass is 19.1. The van der Waals surface area contributed by atoms with E-state index in [0.29, 0.717) is 56.9 Å². The smallest absolute Gasteiger partial charge is 0.219 e. The lowest BCUT2D eigenvalue weighted by atomic mass is 9.90. The largest absolute Gasteiger partial charge is 0.497 e. The number of amides is 1. The number of nitrogens with zero attached hydrogens (tertiary/aromatic N) is 3. The number of halogens is 1. The lowest BCUT2D eigenvalue weighted by Gasteiger charge is -2.42. The molecule has 9 heteroatoms. The number of ether oxygens (including phenoxy) is 2. The first-order valence-electron chi connectivity index (χ1n) is 12.8. The Kier molecular flexibility index (Phi) is 8.26. The highest BCUT2D eigenvalue weighted by Gasteiger charge is 2.41. The third-order valence-electron chi connectivity index (χ3n) is 7.42. The summed E-state index contributed by atoms with van der Waals surface area (Å²) in [5.41, 5.74) is -0.688. The number of benzene rings is 2. The van der Waals surface area contributed by atoms with Gasteiger partial charge in [0.15, 0.2) is 0 Å². The Balaban J connectivity index is 1.40. The highest BCUT2D eigenvalue weighted by molar-refractivity contribution is 5.73. The van der Waals surface area contributed by atoms with Crippen molar-refractivity contribution in [2.45, 2.75) is 37.9 Å². The summed E-state index contributed by atoms with van der Waals surface area (Å²) in [5.74, 6) is 0.830. The number of carbonyl (C=O) groups excluding carboxylic acids is 1. The Labute approximate surface area is 218 Å². The fraction of sp³-hybridized carbons (Fsp3) is 0.536. The number of methoxy groups -OCH3 is 1. The molecule has 0 radical (unpaired) electrons. The fourth-order valence-electron chi connectivity index (χ4n) is 5.21. The van der Waals surface area contributed by atoms with E-state index in [1.54, 1.807) is 25.0 Å². The molecule has 202 valence electrons. The monoisotopic (exact) mass is 515 g/mol. The maximum Gasteiger partial charge on any atom is 0.219 e. The molecular formula is C28H38FN3O5. The van der Waals surface area contributed by atoms with Gasteiger partial charge in [0.25, 0.3) is 0 Å². The van der Waals surface area contributed by atoms with Crippen molar-refractivity contribution >= 4 is 11.6 Å². The van der Waals surface area contributed by atoms with E-state index < -0.39 is 11.2 Å². The minimum atomic E-state index is -1.34. The summed E-state index contributed by atoms with van der Waals surface area (Å²) in [6, 6.07) is 12.4. The number of carbonyl (C=O) groups is 1. The molecule has 0 spiro atoms. The Morgan fingerprint density at radius 2 is 1.65 bits per heavy atom. The minimum Gasteiger partial charge on any atom is -0.497 e. The van der Waals surface area contributed by atoms with Crippen molar-refractivity contribution in [2.75, 3.05) is 64.4 Å². The zero-order valence-corrected chi connectivity index (χ0v) is 22.0. The van der Waals surface area contributed by atoms with E-state index in [0.717, 1.165) is 11.4 Å². The summed E-state index contributed by atoms with van der Waals surface area (Å²) in [7, 11) is 1.64. The third-order valence-corrected chi connectivity index (χ3v) is 7.42. The number of β-amino-alcohol motifs (C(OH)–C–C–N with tert-alkyl or cyclic N) is 2. The SMILES string of the molecule is COc1ccc(N2CCC(O)(CN3CCN(C(C)=O)C[C@@](O)(COc4ccc(F)c(C)c4)C3)CC2)cc1. The van der Waals surface area contributed by atoms with Crippen LogP contribution in [0.3, 0.4) is 0 Å². The average Bonchev–Trinajstić information content (AvgIpc) is 3.04. The molecule has 1 amide bonds. The van der Waals surface area contributed by atoms with E-state index in [2.05, 4.69) is 4.90 Å². The summed E-state index contributed by atoms with van der Waals surface area (Å²) in [6.45, 7) is 6.30. The number of hydrogen-bond donors (Lipinski definition) is 2. The van der Waals surface area contributed by atoms with Gasteiger partial charge in [-0.2, -0.15) is 0 Å². The molecule has 2 heterocycles. The van der Waals surface area contributed by atoms with Gasteiger partial charge in [-0.25, -0.2) is 4.39 Å². The molecule has 2 fully saturated rings. The maximum atomic E-state index is 13.6. The predicted octanol–water partition coefficient (Wildman–Crippen LogP) is 2.45. The average molecular weight is 516 g/mol. The first kappa shape index (κ1) is 27.2. The second-order valence-corrected chi connectivity index (χ2v) is 10.5. The van der Waals surface area contributed by atoms with Gasteiger partial charge in [0.05, 0.1) is 19.3 Å². The summed E-state index contributed by atoms with van der Waals surface area (Å²) < 4.78 is 24.7. The zero-order chi connectivity index (χ0) is 26.6. The van der Waals surface area contributed by atoms with Crippen molar-refractivity contribution in [3.05, 3.63) is 53.8 Å². The molecule has 0 saturated carbocycles. The minimum absolute atomic E-state index is 0.0535. The lowest BCUT2D eigenvalue weighted by Crippen LogP contribution is -2.55. The molecule has 2 saturated heterocycles. The van der Waals surface area contributed by atoms with E-state index in [9.17, 15) is 19.4 Å². The Morgan fingerprint density at radius 3 is 2.27 bits per heavy atom. The molecule has 4 rings (SSSR count). The van der Waals surface area contributed by atoms with Crippen LogP contribution in [0.2, 0.25) is 0 Å². The van der Waals surface area contributed by atoms with Crippen molar-refractivity contribution in [3.63, 3.8) is 0 Å². The van der Waals surface area contributed by atoms with Gasteiger partial charge in [-0.1, -0.05) is 0 Å². The van der Waals surface area contributed by atoms with Gasteiger partial charge in [-0.3, -0.25) is 9.69 Å². The standard InChI is InChI=1S/C28H38FN3O5/c1-21-16-25(8-9-26(21)29)37-20-28(35)18-30(14-15-32(19-28)22(2)33)17-27(34)10-12-31(13-11-27)23-4-6-24(36-3)7-5-23/h4-9,16,34-35H,10-15,17-20H2,1-3H3/t28-/m1/s1. The van der Waals surface area contributed by atoms with Crippen LogP contribution in [0, 0.1) is 12.7 Å². The first-order valence-corrected chi connectivity index (χ1v) is 12.8. The lowest BCUT2D eigenvalue weighted by molar-refractivity contribution is -0.132. The van der Waals surface area contributed by atoms with E-state index in [4.69, 9.17) is 9.47 Å². The number of piperidine rings is 1. The Bertz CT molecular complexity index is 1070. The molecule has 1 atom stereocenters. The van der Waals surface area contributed by atoms with Crippen LogP contribution in [-0.4, -0.2) is 96.7 Å². The van der Waals surface area contributed by atoms with Crippen LogP contribution in [0.1, 0.15) is 25.3 Å². The van der Waals surface area contributed by atoms with Gasteiger partial charge in [-0.05, 0) is 67.8 Å². The van der Waals surface area contributed by atoms with Gasteiger partial charge in [0, 0.05) is 51.9 Å². The summed E-state index contributed by atoms with van der Waals surface area (Å²) >= 11 is 0. The molecule has 0 aromatic heterocycles. The topological polar surface area (TPSA) is 85.7 Å². The Hall–Kier alpha value is -2.88. The molecule has 2 aliphatic heterocycles. The van der Waals surface area contributed by atoms with Crippen molar-refractivity contribution in [1.29, 1.82) is 0 Å². The second kappa shape index (κ2) is 11.2. The maximum absolute atomic E-state index is 13.6. The van der Waals surface area contributed by atoms with Crippen molar-refractivity contribution in [2.24, 2.45) is 0 Å². The number of aliphatic hydroxyl groups is 2. The van der Waals surface area contributed by atoms with Crippen LogP contribution in [0.5, 0.6) is 11.5 Å². The molecule has 8 nitrogen and oxygen atoms in total. The zero-order valence-electron chi connectivity index (χ0n) is 22.0. The van der Waals surface area contributed by atoms with Crippen LogP contribution < -0.4 is 14.4 Å². The van der Waals surface area contributed by atoms with Crippen molar-refractivity contribution in [1.82, 2.24) is 9.80 Å². The van der Waals surface area contributed by atoms with E-state index >= 15 is 0 Å².